The van der Waals surface area contributed by atoms with Crippen LogP contribution in [0.3, 0.4) is 0 Å². The van der Waals surface area contributed by atoms with Crippen molar-refractivity contribution in [3.63, 3.8) is 0 Å². The number of piperidine rings is 1. The molecule has 160 valence electrons. The number of hydrazine groups is 1. The third kappa shape index (κ3) is 4.57. The van der Waals surface area contributed by atoms with Crippen LogP contribution in [0.25, 0.3) is 0 Å². The van der Waals surface area contributed by atoms with Gasteiger partial charge < -0.3 is 5.32 Å². The summed E-state index contributed by atoms with van der Waals surface area (Å²) in [4.78, 5) is 12.8. The molecule has 2 aliphatic heterocycles. The first kappa shape index (κ1) is 21.3. The SMILES string of the molecule is O=C(NC1CCC2NNCC2C1)C1CCN(S(=O)(=O)c2cc(Cl)ccc2Cl)CC1. The van der Waals surface area contributed by atoms with Crippen LogP contribution in [-0.2, 0) is 14.8 Å². The molecule has 0 spiro atoms. The highest BCUT2D eigenvalue weighted by molar-refractivity contribution is 7.89. The lowest BCUT2D eigenvalue weighted by Crippen LogP contribution is -2.48. The van der Waals surface area contributed by atoms with Gasteiger partial charge in [-0.05, 0) is 56.2 Å². The van der Waals surface area contributed by atoms with Crippen molar-refractivity contribution in [1.82, 2.24) is 20.5 Å². The molecule has 2 heterocycles. The zero-order valence-corrected chi connectivity index (χ0v) is 18.4. The summed E-state index contributed by atoms with van der Waals surface area (Å²) in [7, 11) is -3.73. The van der Waals surface area contributed by atoms with E-state index >= 15 is 0 Å². The van der Waals surface area contributed by atoms with E-state index in [2.05, 4.69) is 16.2 Å². The monoisotopic (exact) mass is 460 g/mol. The normalized spacial score (nSPS) is 28.8. The number of fused-ring (bicyclic) bond motifs is 1. The molecule has 4 rings (SSSR count). The van der Waals surface area contributed by atoms with Crippen molar-refractivity contribution in [2.75, 3.05) is 19.6 Å². The molecule has 1 amide bonds. The second kappa shape index (κ2) is 8.69. The Labute approximate surface area is 181 Å². The Kier molecular flexibility index (Phi) is 6.39. The van der Waals surface area contributed by atoms with Crippen molar-refractivity contribution in [1.29, 1.82) is 0 Å². The molecule has 2 saturated heterocycles. The molecule has 1 aromatic carbocycles. The van der Waals surface area contributed by atoms with Gasteiger partial charge in [-0.2, -0.15) is 4.31 Å². The van der Waals surface area contributed by atoms with Gasteiger partial charge in [-0.25, -0.2) is 8.42 Å². The molecule has 7 nitrogen and oxygen atoms in total. The number of nitrogens with zero attached hydrogens (tertiary/aromatic N) is 1. The first-order valence-corrected chi connectivity index (χ1v) is 12.3. The molecule has 0 aromatic heterocycles. The third-order valence-corrected chi connectivity index (χ3v) is 8.93. The zero-order chi connectivity index (χ0) is 20.6. The lowest BCUT2D eigenvalue weighted by atomic mass is 9.82. The van der Waals surface area contributed by atoms with Crippen molar-refractivity contribution in [2.45, 2.75) is 49.1 Å². The summed E-state index contributed by atoms with van der Waals surface area (Å²) in [6, 6.07) is 5.14. The van der Waals surface area contributed by atoms with Crippen LogP contribution in [0.15, 0.2) is 23.1 Å². The predicted octanol–water partition coefficient (Wildman–Crippen LogP) is 2.16. The van der Waals surface area contributed by atoms with Crippen LogP contribution in [0.4, 0.5) is 0 Å². The van der Waals surface area contributed by atoms with E-state index in [1.807, 2.05) is 0 Å². The average Bonchev–Trinajstić information content (AvgIpc) is 3.17. The van der Waals surface area contributed by atoms with Gasteiger partial charge in [0.25, 0.3) is 0 Å². The Bertz CT molecular complexity index is 874. The highest BCUT2D eigenvalue weighted by atomic mass is 35.5. The van der Waals surface area contributed by atoms with E-state index < -0.39 is 10.0 Å². The van der Waals surface area contributed by atoms with Gasteiger partial charge in [-0.3, -0.25) is 15.6 Å². The lowest BCUT2D eigenvalue weighted by Gasteiger charge is -2.34. The number of rotatable bonds is 4. The van der Waals surface area contributed by atoms with Crippen LogP contribution in [-0.4, -0.2) is 50.3 Å². The van der Waals surface area contributed by atoms with Crippen LogP contribution < -0.4 is 16.2 Å². The van der Waals surface area contributed by atoms with E-state index in [1.54, 1.807) is 6.07 Å². The summed E-state index contributed by atoms with van der Waals surface area (Å²) in [5.74, 6) is 0.447. The minimum atomic E-state index is -3.73. The molecule has 3 aliphatic rings. The molecular weight excluding hydrogens is 435 g/mol. The molecule has 3 unspecified atom stereocenters. The molecule has 1 aromatic rings. The number of halogens is 2. The fourth-order valence-electron chi connectivity index (χ4n) is 4.62. The molecular formula is C19H26Cl2N4O3S. The van der Waals surface area contributed by atoms with Crippen molar-refractivity contribution < 1.29 is 13.2 Å². The fourth-order valence-corrected chi connectivity index (χ4v) is 6.83. The van der Waals surface area contributed by atoms with Gasteiger partial charge in [0, 0.05) is 42.7 Å². The van der Waals surface area contributed by atoms with Crippen LogP contribution >= 0.6 is 23.2 Å². The molecule has 3 N–H and O–H groups in total. The van der Waals surface area contributed by atoms with Crippen LogP contribution in [0.2, 0.25) is 10.0 Å². The summed E-state index contributed by atoms with van der Waals surface area (Å²) in [5, 5.41) is 3.68. The van der Waals surface area contributed by atoms with Crippen LogP contribution in [0, 0.1) is 11.8 Å². The molecule has 3 fully saturated rings. The third-order valence-electron chi connectivity index (χ3n) is 6.32. The van der Waals surface area contributed by atoms with Crippen LogP contribution in [0.5, 0.6) is 0 Å². The standard InChI is InChI=1S/C19H26Cl2N4O3S/c20-14-1-3-16(21)18(10-14)29(27,28)25-7-5-12(6-8-25)19(26)23-15-2-4-17-13(9-15)11-22-24-17/h1,3,10,12-13,15,17,22,24H,2,4-9,11H2,(H,23,26). The Hall–Kier alpha value is -0.900. The smallest absolute Gasteiger partial charge is 0.244 e. The summed E-state index contributed by atoms with van der Waals surface area (Å²) >= 11 is 12.0. The zero-order valence-electron chi connectivity index (χ0n) is 16.0. The topological polar surface area (TPSA) is 90.5 Å². The Balaban J connectivity index is 1.33. The van der Waals surface area contributed by atoms with Gasteiger partial charge in [0.15, 0.2) is 0 Å². The quantitative estimate of drug-likeness (QED) is 0.640. The fraction of sp³-hybridized carbons (Fsp3) is 0.632. The van der Waals surface area contributed by atoms with Gasteiger partial charge >= 0.3 is 0 Å². The molecule has 29 heavy (non-hydrogen) atoms. The first-order chi connectivity index (χ1) is 13.8. The summed E-state index contributed by atoms with van der Waals surface area (Å²) in [6.07, 6.45) is 4.02. The van der Waals surface area contributed by atoms with Crippen molar-refractivity contribution in [3.05, 3.63) is 28.2 Å². The lowest BCUT2D eigenvalue weighted by molar-refractivity contribution is -0.127. The number of nitrogens with one attached hydrogen (secondary N) is 3. The van der Waals surface area contributed by atoms with E-state index in [-0.39, 0.29) is 27.8 Å². The molecule has 1 saturated carbocycles. The van der Waals surface area contributed by atoms with Crippen molar-refractivity contribution in [3.8, 4) is 0 Å². The maximum absolute atomic E-state index is 12.9. The van der Waals surface area contributed by atoms with E-state index in [0.29, 0.717) is 42.9 Å². The number of sulfonamides is 1. The minimum Gasteiger partial charge on any atom is -0.353 e. The minimum absolute atomic E-state index is 0.0186. The predicted molar refractivity (Wildman–Crippen MR) is 112 cm³/mol. The summed E-state index contributed by atoms with van der Waals surface area (Å²) in [5.41, 5.74) is 6.49. The highest BCUT2D eigenvalue weighted by Gasteiger charge is 2.37. The van der Waals surface area contributed by atoms with Crippen molar-refractivity contribution >= 4 is 39.1 Å². The van der Waals surface area contributed by atoms with E-state index in [1.165, 1.54) is 16.4 Å². The Morgan fingerprint density at radius 1 is 1.14 bits per heavy atom. The molecule has 0 radical (unpaired) electrons. The average molecular weight is 461 g/mol. The number of carbonyl (C=O) groups excluding carboxylic acids is 1. The molecule has 0 bridgehead atoms. The van der Waals surface area contributed by atoms with E-state index in [9.17, 15) is 13.2 Å². The van der Waals surface area contributed by atoms with Gasteiger partial charge in [-0.15, -0.1) is 0 Å². The summed E-state index contributed by atoms with van der Waals surface area (Å²) in [6.45, 7) is 1.54. The van der Waals surface area contributed by atoms with Gasteiger partial charge in [0.05, 0.1) is 5.02 Å². The van der Waals surface area contributed by atoms with E-state index in [0.717, 1.165) is 25.8 Å². The number of carbonyl (C=O) groups is 1. The summed E-state index contributed by atoms with van der Waals surface area (Å²) < 4.78 is 27.3. The number of hydrogen-bond donors (Lipinski definition) is 3. The largest absolute Gasteiger partial charge is 0.353 e. The number of benzene rings is 1. The highest BCUT2D eigenvalue weighted by Crippen LogP contribution is 2.31. The maximum Gasteiger partial charge on any atom is 0.244 e. The van der Waals surface area contributed by atoms with Gasteiger partial charge in [0.2, 0.25) is 15.9 Å². The Morgan fingerprint density at radius 2 is 1.90 bits per heavy atom. The molecule has 1 aliphatic carbocycles. The van der Waals surface area contributed by atoms with Gasteiger partial charge in [-0.1, -0.05) is 23.2 Å². The number of amides is 1. The van der Waals surface area contributed by atoms with Crippen molar-refractivity contribution in [2.24, 2.45) is 11.8 Å². The molecule has 3 atom stereocenters. The van der Waals surface area contributed by atoms with Gasteiger partial charge in [0.1, 0.15) is 4.90 Å². The Morgan fingerprint density at radius 3 is 2.66 bits per heavy atom. The number of hydrogen-bond acceptors (Lipinski definition) is 5. The molecule has 10 heteroatoms. The van der Waals surface area contributed by atoms with E-state index in [4.69, 9.17) is 23.2 Å². The van der Waals surface area contributed by atoms with Crippen LogP contribution in [0.1, 0.15) is 32.1 Å². The maximum atomic E-state index is 12.9. The second-order valence-corrected chi connectivity index (χ2v) is 10.9. The first-order valence-electron chi connectivity index (χ1n) is 10.1. The second-order valence-electron chi connectivity index (χ2n) is 8.16.